The number of ether oxygens (including phenoxy) is 1. The summed E-state index contributed by atoms with van der Waals surface area (Å²) >= 11 is 3.45. The molecule has 0 aliphatic carbocycles. The monoisotopic (exact) mass is 312 g/mol. The van der Waals surface area contributed by atoms with Gasteiger partial charge in [-0.15, -0.1) is 0 Å². The van der Waals surface area contributed by atoms with Gasteiger partial charge in [0.25, 0.3) is 0 Å². The van der Waals surface area contributed by atoms with Crippen LogP contribution in [0.3, 0.4) is 0 Å². The van der Waals surface area contributed by atoms with E-state index in [1.807, 2.05) is 18.2 Å². The van der Waals surface area contributed by atoms with Gasteiger partial charge in [0.15, 0.2) is 0 Å². The lowest BCUT2D eigenvalue weighted by Gasteiger charge is -2.38. The molecule has 1 aliphatic heterocycles. The normalized spacial score (nSPS) is 24.2. The Bertz CT molecular complexity index is 464. The number of hydrogen-bond acceptors (Lipinski definition) is 3. The van der Waals surface area contributed by atoms with Crippen LogP contribution in [0.25, 0.3) is 0 Å². The van der Waals surface area contributed by atoms with Crippen LogP contribution in [0.1, 0.15) is 24.4 Å². The Morgan fingerprint density at radius 2 is 2.22 bits per heavy atom. The van der Waals surface area contributed by atoms with Crippen molar-refractivity contribution in [3.8, 4) is 5.75 Å². The Morgan fingerprint density at radius 3 is 2.89 bits per heavy atom. The highest BCUT2D eigenvalue weighted by molar-refractivity contribution is 9.10. The van der Waals surface area contributed by atoms with Gasteiger partial charge in [0.2, 0.25) is 5.91 Å². The third-order valence-corrected chi connectivity index (χ3v) is 3.91. The second kappa shape index (κ2) is 5.28. The van der Waals surface area contributed by atoms with Crippen molar-refractivity contribution < 1.29 is 9.53 Å². The van der Waals surface area contributed by atoms with Crippen molar-refractivity contribution in [1.82, 2.24) is 4.90 Å². The summed E-state index contributed by atoms with van der Waals surface area (Å²) in [5.74, 6) is 0.893. The molecule has 4 nitrogen and oxygen atoms in total. The highest BCUT2D eigenvalue weighted by Gasteiger charge is 2.34. The predicted molar refractivity (Wildman–Crippen MR) is 73.4 cm³/mol. The van der Waals surface area contributed by atoms with E-state index >= 15 is 0 Å². The number of amides is 1. The van der Waals surface area contributed by atoms with Crippen LogP contribution in [0.15, 0.2) is 22.7 Å². The van der Waals surface area contributed by atoms with E-state index in [1.165, 1.54) is 0 Å². The number of likely N-dealkylation sites (N-methyl/N-ethyl adjacent to an activating group) is 1. The van der Waals surface area contributed by atoms with Crippen LogP contribution in [-0.2, 0) is 4.79 Å². The van der Waals surface area contributed by atoms with Gasteiger partial charge in [-0.2, -0.15) is 0 Å². The van der Waals surface area contributed by atoms with E-state index in [-0.39, 0.29) is 18.0 Å². The fourth-order valence-electron chi connectivity index (χ4n) is 2.44. The number of nitrogens with zero attached hydrogens (tertiary/aromatic N) is 1. The number of likely N-dealkylation sites (tertiary alicyclic amines) is 1. The van der Waals surface area contributed by atoms with E-state index in [0.717, 1.165) is 15.8 Å². The molecule has 1 heterocycles. The molecule has 98 valence electrons. The summed E-state index contributed by atoms with van der Waals surface area (Å²) in [6.07, 6.45) is 1.23. The van der Waals surface area contributed by atoms with Crippen LogP contribution in [0.4, 0.5) is 0 Å². The summed E-state index contributed by atoms with van der Waals surface area (Å²) in [7, 11) is 3.43. The van der Waals surface area contributed by atoms with Gasteiger partial charge >= 0.3 is 0 Å². The number of carbonyl (C=O) groups is 1. The molecule has 2 rings (SSSR count). The average molecular weight is 313 g/mol. The predicted octanol–water partition coefficient (Wildman–Crippen LogP) is 2.08. The van der Waals surface area contributed by atoms with E-state index in [2.05, 4.69) is 15.9 Å². The molecule has 2 N–H and O–H groups in total. The second-order valence-corrected chi connectivity index (χ2v) is 5.45. The Labute approximate surface area is 115 Å². The molecule has 0 bridgehead atoms. The lowest BCUT2D eigenvalue weighted by Crippen LogP contribution is -2.46. The largest absolute Gasteiger partial charge is 0.496 e. The van der Waals surface area contributed by atoms with E-state index in [1.54, 1.807) is 19.1 Å². The van der Waals surface area contributed by atoms with Gasteiger partial charge in [0.05, 0.1) is 13.2 Å². The van der Waals surface area contributed by atoms with Gasteiger partial charge in [-0.05, 0) is 24.6 Å². The lowest BCUT2D eigenvalue weighted by molar-refractivity contribution is -0.135. The number of carbonyl (C=O) groups excluding carboxylic acids is 1. The average Bonchev–Trinajstić information content (AvgIpc) is 2.35. The van der Waals surface area contributed by atoms with Crippen LogP contribution in [0.5, 0.6) is 5.75 Å². The van der Waals surface area contributed by atoms with Gasteiger partial charge in [0.1, 0.15) is 5.75 Å². The van der Waals surface area contributed by atoms with Gasteiger partial charge in [0, 0.05) is 29.5 Å². The Hall–Kier alpha value is -1.07. The molecule has 0 aromatic heterocycles. The first kappa shape index (κ1) is 13.4. The number of hydrogen-bond donors (Lipinski definition) is 1. The molecule has 2 unspecified atom stereocenters. The van der Waals surface area contributed by atoms with Crippen LogP contribution >= 0.6 is 15.9 Å². The molecule has 0 spiro atoms. The molecule has 1 amide bonds. The summed E-state index contributed by atoms with van der Waals surface area (Å²) in [6.45, 7) is 0. The third-order valence-electron chi connectivity index (χ3n) is 3.42. The molecule has 2 atom stereocenters. The van der Waals surface area contributed by atoms with Gasteiger partial charge in [-0.25, -0.2) is 0 Å². The fraction of sp³-hybridized carbons (Fsp3) is 0.462. The summed E-state index contributed by atoms with van der Waals surface area (Å²) in [4.78, 5) is 13.5. The molecule has 1 aliphatic rings. The van der Waals surface area contributed by atoms with E-state index in [4.69, 9.17) is 10.5 Å². The maximum Gasteiger partial charge on any atom is 0.222 e. The van der Waals surface area contributed by atoms with Crippen LogP contribution < -0.4 is 10.5 Å². The number of piperidine rings is 1. The zero-order chi connectivity index (χ0) is 13.3. The first-order chi connectivity index (χ1) is 8.54. The SMILES string of the molecule is COc1ccc(Br)cc1C1C(N)CCC(=O)N1C. The van der Waals surface area contributed by atoms with E-state index in [9.17, 15) is 4.79 Å². The number of halogens is 1. The zero-order valence-corrected chi connectivity index (χ0v) is 12.1. The smallest absolute Gasteiger partial charge is 0.222 e. The first-order valence-corrected chi connectivity index (χ1v) is 6.68. The zero-order valence-electron chi connectivity index (χ0n) is 10.5. The Morgan fingerprint density at radius 1 is 1.50 bits per heavy atom. The molecule has 0 radical (unpaired) electrons. The van der Waals surface area contributed by atoms with Crippen LogP contribution in [0.2, 0.25) is 0 Å². The molecule has 5 heteroatoms. The second-order valence-electron chi connectivity index (χ2n) is 4.54. The Kier molecular flexibility index (Phi) is 3.92. The molecule has 18 heavy (non-hydrogen) atoms. The highest BCUT2D eigenvalue weighted by atomic mass is 79.9. The maximum absolute atomic E-state index is 11.8. The number of benzene rings is 1. The molecular formula is C13H17BrN2O2. The summed E-state index contributed by atoms with van der Waals surface area (Å²) < 4.78 is 6.33. The summed E-state index contributed by atoms with van der Waals surface area (Å²) in [6, 6.07) is 5.59. The van der Waals surface area contributed by atoms with Gasteiger partial charge in [-0.3, -0.25) is 4.79 Å². The van der Waals surface area contributed by atoms with E-state index < -0.39 is 0 Å². The number of nitrogens with two attached hydrogens (primary N) is 1. The summed E-state index contributed by atoms with van der Waals surface area (Å²) in [5.41, 5.74) is 7.13. The first-order valence-electron chi connectivity index (χ1n) is 5.89. The van der Waals surface area contributed by atoms with Crippen molar-refractivity contribution in [3.05, 3.63) is 28.2 Å². The molecule has 1 aromatic rings. The molecular weight excluding hydrogens is 296 g/mol. The lowest BCUT2D eigenvalue weighted by atomic mass is 9.90. The number of rotatable bonds is 2. The van der Waals surface area contributed by atoms with Crippen LogP contribution in [0, 0.1) is 0 Å². The summed E-state index contributed by atoms with van der Waals surface area (Å²) in [5, 5.41) is 0. The fourth-order valence-corrected chi connectivity index (χ4v) is 2.82. The minimum atomic E-state index is -0.126. The van der Waals surface area contributed by atoms with Gasteiger partial charge in [-0.1, -0.05) is 15.9 Å². The van der Waals surface area contributed by atoms with Crippen molar-refractivity contribution in [2.45, 2.75) is 24.9 Å². The van der Waals surface area contributed by atoms with Crippen molar-refractivity contribution in [3.63, 3.8) is 0 Å². The van der Waals surface area contributed by atoms with E-state index in [0.29, 0.717) is 12.8 Å². The molecule has 1 saturated heterocycles. The standard InChI is InChI=1S/C13H17BrN2O2/c1-16-12(17)6-4-10(15)13(16)9-7-8(14)3-5-11(9)18-2/h3,5,7,10,13H,4,6,15H2,1-2H3. The van der Waals surface area contributed by atoms with Crippen molar-refractivity contribution in [2.24, 2.45) is 5.73 Å². The van der Waals surface area contributed by atoms with Crippen molar-refractivity contribution in [2.75, 3.05) is 14.2 Å². The Balaban J connectivity index is 2.45. The highest BCUT2D eigenvalue weighted by Crippen LogP contribution is 2.36. The van der Waals surface area contributed by atoms with Crippen molar-refractivity contribution >= 4 is 21.8 Å². The molecule has 1 fully saturated rings. The third kappa shape index (κ3) is 2.37. The molecule has 1 aromatic carbocycles. The number of methoxy groups -OCH3 is 1. The molecule has 0 saturated carbocycles. The topological polar surface area (TPSA) is 55.6 Å². The quantitative estimate of drug-likeness (QED) is 0.909. The minimum Gasteiger partial charge on any atom is -0.496 e. The van der Waals surface area contributed by atoms with Crippen LogP contribution in [-0.4, -0.2) is 31.0 Å². The maximum atomic E-state index is 11.8. The van der Waals surface area contributed by atoms with Gasteiger partial charge < -0.3 is 15.4 Å². The minimum absolute atomic E-state index is 0.0594. The van der Waals surface area contributed by atoms with Crippen molar-refractivity contribution in [1.29, 1.82) is 0 Å².